The lowest BCUT2D eigenvalue weighted by atomic mass is 10.0. The Morgan fingerprint density at radius 2 is 1.93 bits per heavy atom. The van der Waals surface area contributed by atoms with Crippen LogP contribution in [0.3, 0.4) is 0 Å². The zero-order valence-electron chi connectivity index (χ0n) is 22.7. The van der Waals surface area contributed by atoms with Crippen molar-refractivity contribution in [2.24, 2.45) is 0 Å². The second-order valence-electron chi connectivity index (χ2n) is 11.5. The minimum atomic E-state index is -1.52. The number of carbonyl (C=O) groups excluding carboxylic acids is 1. The summed E-state index contributed by atoms with van der Waals surface area (Å²) in [5, 5.41) is 30.1. The molecule has 3 atom stereocenters. The van der Waals surface area contributed by atoms with Crippen molar-refractivity contribution < 1.29 is 47.9 Å². The fraction of sp³-hybridized carbons (Fsp3) is 0.414. The quantitative estimate of drug-likeness (QED) is 0.369. The second kappa shape index (κ2) is 9.81. The first-order valence-corrected chi connectivity index (χ1v) is 13.8. The van der Waals surface area contributed by atoms with Gasteiger partial charge >= 0.3 is 12.1 Å². The van der Waals surface area contributed by atoms with E-state index < -0.39 is 52.4 Å². The van der Waals surface area contributed by atoms with Crippen LogP contribution in [0.1, 0.15) is 35.7 Å². The van der Waals surface area contributed by atoms with Crippen LogP contribution in [0.4, 0.5) is 25.0 Å². The number of carboxylic acid groups (broad SMARTS) is 1. The number of nitrogens with zero attached hydrogens (tertiary/aromatic N) is 3. The molecule has 2 aromatic carbocycles. The smallest absolute Gasteiger partial charge is 0.414 e. The molecule has 4 heterocycles. The zero-order chi connectivity index (χ0) is 30.2. The zero-order valence-corrected chi connectivity index (χ0v) is 22.7. The van der Waals surface area contributed by atoms with E-state index in [2.05, 4.69) is 0 Å². The van der Waals surface area contributed by atoms with Gasteiger partial charge in [0.25, 0.3) is 0 Å². The number of anilines is 2. The van der Waals surface area contributed by atoms with E-state index in [4.69, 9.17) is 14.2 Å². The number of carbonyl (C=O) groups is 2. The maximum Gasteiger partial charge on any atom is 0.414 e. The van der Waals surface area contributed by atoms with Gasteiger partial charge in [0.15, 0.2) is 23.1 Å². The molecule has 0 bridgehead atoms. The number of cyclic esters (lactones) is 1. The number of aliphatic hydroxyl groups is 2. The molecular formula is C29H27F2N3O9. The number of hydrogen-bond acceptors (Lipinski definition) is 9. The van der Waals surface area contributed by atoms with Crippen LogP contribution in [-0.2, 0) is 4.74 Å². The molecule has 43 heavy (non-hydrogen) atoms. The van der Waals surface area contributed by atoms with Gasteiger partial charge in [0, 0.05) is 24.7 Å². The Morgan fingerprint density at radius 1 is 1.14 bits per heavy atom. The van der Waals surface area contributed by atoms with Gasteiger partial charge in [-0.15, -0.1) is 0 Å². The number of hydrogen-bond donors (Lipinski definition) is 3. The summed E-state index contributed by atoms with van der Waals surface area (Å²) in [6.07, 6.45) is 1.54. The van der Waals surface area contributed by atoms with Crippen molar-refractivity contribution in [2.75, 3.05) is 42.7 Å². The van der Waals surface area contributed by atoms with Crippen LogP contribution in [-0.4, -0.2) is 82.6 Å². The van der Waals surface area contributed by atoms with Crippen LogP contribution in [0.25, 0.3) is 10.9 Å². The van der Waals surface area contributed by atoms with Crippen molar-refractivity contribution in [1.82, 2.24) is 4.57 Å². The molecule has 0 spiro atoms. The predicted molar refractivity (Wildman–Crippen MR) is 146 cm³/mol. The number of aromatic nitrogens is 1. The highest BCUT2D eigenvalue weighted by Crippen LogP contribution is 2.48. The normalized spacial score (nSPS) is 24.5. The summed E-state index contributed by atoms with van der Waals surface area (Å²) in [5.41, 5.74) is -2.17. The number of aliphatic hydroxyl groups excluding tert-OH is 1. The predicted octanol–water partition coefficient (Wildman–Crippen LogP) is 2.41. The van der Waals surface area contributed by atoms with E-state index in [-0.39, 0.29) is 73.6 Å². The maximum absolute atomic E-state index is 15.7. The van der Waals surface area contributed by atoms with Crippen LogP contribution >= 0.6 is 0 Å². The van der Waals surface area contributed by atoms with Gasteiger partial charge in [0.2, 0.25) is 5.43 Å². The number of fused-ring (bicyclic) bond motifs is 5. The van der Waals surface area contributed by atoms with E-state index in [1.54, 1.807) is 9.47 Å². The van der Waals surface area contributed by atoms with Gasteiger partial charge in [-0.3, -0.25) is 9.69 Å². The lowest BCUT2D eigenvalue weighted by Crippen LogP contribution is -2.41. The van der Waals surface area contributed by atoms with Crippen molar-refractivity contribution in [3.8, 4) is 11.5 Å². The topological polar surface area (TPSA) is 151 Å². The number of rotatable bonds is 7. The summed E-state index contributed by atoms with van der Waals surface area (Å²) >= 11 is 0. The molecule has 3 N–H and O–H groups in total. The van der Waals surface area contributed by atoms with Crippen molar-refractivity contribution in [1.29, 1.82) is 0 Å². The van der Waals surface area contributed by atoms with Crippen LogP contribution in [0.5, 0.6) is 11.5 Å². The Hall–Kier alpha value is -4.43. The third kappa shape index (κ3) is 4.52. The summed E-state index contributed by atoms with van der Waals surface area (Å²) in [6, 6.07) is 4.41. The minimum absolute atomic E-state index is 0.0468. The van der Waals surface area contributed by atoms with Crippen molar-refractivity contribution in [2.45, 2.75) is 43.1 Å². The molecule has 0 radical (unpaired) electrons. The largest absolute Gasteiger partial charge is 0.487 e. The molecule has 1 saturated carbocycles. The molecule has 1 aromatic heterocycles. The third-order valence-electron chi connectivity index (χ3n) is 8.40. The number of halogens is 2. The summed E-state index contributed by atoms with van der Waals surface area (Å²) in [7, 11) is 0. The summed E-state index contributed by atoms with van der Waals surface area (Å²) in [4.78, 5) is 39.6. The van der Waals surface area contributed by atoms with Gasteiger partial charge in [-0.25, -0.2) is 18.4 Å². The van der Waals surface area contributed by atoms with Gasteiger partial charge in [-0.1, -0.05) is 0 Å². The fourth-order valence-corrected chi connectivity index (χ4v) is 6.21. The average Bonchev–Trinajstić information content (AvgIpc) is 3.65. The highest BCUT2D eigenvalue weighted by molar-refractivity contribution is 5.97. The van der Waals surface area contributed by atoms with Gasteiger partial charge < -0.3 is 39.0 Å². The SMILES string of the molecule is O=C(O)c1cn(C2CC2)c2c3c(c(F)cc2c1=O)N1C[C@](O)(COc2ccc(N4CC(CO)OC4=O)cc2F)C[C@H]1CO3. The maximum atomic E-state index is 15.7. The Labute approximate surface area is 242 Å². The molecular weight excluding hydrogens is 572 g/mol. The molecule has 7 rings (SSSR count). The van der Waals surface area contributed by atoms with E-state index in [0.29, 0.717) is 5.52 Å². The highest BCUT2D eigenvalue weighted by atomic mass is 19.1. The molecule has 226 valence electrons. The molecule has 1 amide bonds. The monoisotopic (exact) mass is 599 g/mol. The lowest BCUT2D eigenvalue weighted by molar-refractivity contribution is 0.00980. The summed E-state index contributed by atoms with van der Waals surface area (Å²) < 4.78 is 48.9. The lowest BCUT2D eigenvalue weighted by Gasteiger charge is -2.34. The number of pyridine rings is 1. The number of carboxylic acids is 1. The number of ether oxygens (including phenoxy) is 3. The number of amides is 1. The van der Waals surface area contributed by atoms with E-state index in [1.165, 1.54) is 23.2 Å². The Morgan fingerprint density at radius 3 is 2.60 bits per heavy atom. The highest BCUT2D eigenvalue weighted by Gasteiger charge is 2.48. The van der Waals surface area contributed by atoms with Crippen molar-refractivity contribution in [3.63, 3.8) is 0 Å². The van der Waals surface area contributed by atoms with Crippen molar-refractivity contribution >= 4 is 34.3 Å². The average molecular weight is 600 g/mol. The summed E-state index contributed by atoms with van der Waals surface area (Å²) in [6.45, 7) is -0.618. The molecule has 2 saturated heterocycles. The Kier molecular flexibility index (Phi) is 6.25. The van der Waals surface area contributed by atoms with Crippen LogP contribution in [0.15, 0.2) is 35.3 Å². The van der Waals surface area contributed by atoms with E-state index in [0.717, 1.165) is 25.0 Å². The molecule has 12 nitrogen and oxygen atoms in total. The van der Waals surface area contributed by atoms with Gasteiger partial charge in [0.05, 0.1) is 42.3 Å². The minimum Gasteiger partial charge on any atom is -0.487 e. The Balaban J connectivity index is 1.15. The second-order valence-corrected chi connectivity index (χ2v) is 11.5. The van der Waals surface area contributed by atoms with E-state index in [1.807, 2.05) is 0 Å². The molecule has 14 heteroatoms. The number of aromatic carboxylic acids is 1. The van der Waals surface area contributed by atoms with Gasteiger partial charge in [-0.2, -0.15) is 0 Å². The van der Waals surface area contributed by atoms with Crippen molar-refractivity contribution in [3.05, 3.63) is 57.9 Å². The molecule has 4 aliphatic rings. The number of benzene rings is 2. The van der Waals surface area contributed by atoms with Crippen LogP contribution < -0.4 is 24.7 Å². The summed E-state index contributed by atoms with van der Waals surface area (Å²) in [5.74, 6) is -3.01. The van der Waals surface area contributed by atoms with E-state index >= 15 is 4.39 Å². The molecule has 3 aliphatic heterocycles. The first-order valence-electron chi connectivity index (χ1n) is 13.8. The first kappa shape index (κ1) is 27.4. The standard InChI is InChI=1S/C29H27F2N3O9/c30-20-5-15(33-8-17(10-35)43-28(33)39)3-4-22(20)42-13-29(40)7-16-11-41-26-23-18(6-21(31)24(26)34(16)12-29)25(36)19(27(37)38)9-32(23)14-1-2-14/h3-6,9,14,16-17,35,40H,1-2,7-8,10-13H2,(H,37,38)/t16-,17?,29-/m0/s1. The first-order chi connectivity index (χ1) is 20.6. The third-order valence-corrected chi connectivity index (χ3v) is 8.40. The molecule has 1 aliphatic carbocycles. The Bertz CT molecular complexity index is 1740. The fourth-order valence-electron chi connectivity index (χ4n) is 6.21. The molecule has 1 unspecified atom stereocenters. The van der Waals surface area contributed by atoms with E-state index in [9.17, 15) is 34.1 Å². The van der Waals surface area contributed by atoms with Gasteiger partial charge in [-0.05, 0) is 31.0 Å². The molecule has 3 fully saturated rings. The van der Waals surface area contributed by atoms with Crippen LogP contribution in [0, 0.1) is 11.6 Å². The molecule has 3 aromatic rings. The van der Waals surface area contributed by atoms with Crippen LogP contribution in [0.2, 0.25) is 0 Å². The van der Waals surface area contributed by atoms with Gasteiger partial charge in [0.1, 0.15) is 36.2 Å².